The van der Waals surface area contributed by atoms with Crippen LogP contribution in [-0.2, 0) is 13.5 Å². The first kappa shape index (κ1) is 13.9. The van der Waals surface area contributed by atoms with E-state index in [1.54, 1.807) is 7.11 Å². The summed E-state index contributed by atoms with van der Waals surface area (Å²) < 4.78 is 7.47. The Morgan fingerprint density at radius 1 is 1.32 bits per heavy atom. The third-order valence-electron chi connectivity index (χ3n) is 3.83. The fourth-order valence-electron chi connectivity index (χ4n) is 2.29. The minimum atomic E-state index is 0.112. The monoisotopic (exact) mass is 260 g/mol. The molecule has 0 saturated heterocycles. The van der Waals surface area contributed by atoms with Gasteiger partial charge in [-0.3, -0.25) is 0 Å². The van der Waals surface area contributed by atoms with Crippen molar-refractivity contribution in [3.63, 3.8) is 0 Å². The Morgan fingerprint density at radius 3 is 2.58 bits per heavy atom. The molecule has 2 N–H and O–H groups in total. The van der Waals surface area contributed by atoms with Crippen LogP contribution in [-0.4, -0.2) is 17.7 Å². The normalized spacial score (nSPS) is 13.8. The van der Waals surface area contributed by atoms with Gasteiger partial charge in [0.15, 0.2) is 0 Å². The van der Waals surface area contributed by atoms with Crippen LogP contribution in [0.25, 0.3) is 10.9 Å². The largest absolute Gasteiger partial charge is 0.497 e. The molecule has 1 atom stereocenters. The molecule has 0 aliphatic rings. The second kappa shape index (κ2) is 4.89. The molecule has 2 aromatic rings. The Morgan fingerprint density at radius 2 is 2.00 bits per heavy atom. The van der Waals surface area contributed by atoms with Crippen molar-refractivity contribution in [1.82, 2.24) is 4.57 Å². The number of hydrogen-bond acceptors (Lipinski definition) is 2. The van der Waals surface area contributed by atoms with Gasteiger partial charge in [0.25, 0.3) is 0 Å². The topological polar surface area (TPSA) is 40.2 Å². The maximum atomic E-state index is 6.31. The fourth-order valence-corrected chi connectivity index (χ4v) is 2.29. The molecule has 0 bridgehead atoms. The molecule has 104 valence electrons. The number of hydrogen-bond donors (Lipinski definition) is 1. The van der Waals surface area contributed by atoms with E-state index in [-0.39, 0.29) is 11.5 Å². The number of aromatic nitrogens is 1. The molecule has 3 heteroatoms. The van der Waals surface area contributed by atoms with Gasteiger partial charge in [-0.25, -0.2) is 0 Å². The lowest BCUT2D eigenvalue weighted by Gasteiger charge is -2.26. The predicted octanol–water partition coefficient (Wildman–Crippen LogP) is 3.10. The molecule has 0 fully saturated rings. The van der Waals surface area contributed by atoms with Crippen molar-refractivity contribution in [2.75, 3.05) is 7.11 Å². The standard InChI is InChI=1S/C16H24N2O/c1-16(2,3)15(17)8-11-10-18(4)14-7-6-12(19-5)9-13(11)14/h6-7,9-10,15H,8,17H2,1-5H3. The summed E-state index contributed by atoms with van der Waals surface area (Å²) in [6.45, 7) is 6.55. The number of ether oxygens (including phenoxy) is 1. The molecule has 0 amide bonds. The lowest BCUT2D eigenvalue weighted by atomic mass is 9.84. The van der Waals surface area contributed by atoms with Crippen LogP contribution in [0.15, 0.2) is 24.4 Å². The van der Waals surface area contributed by atoms with Gasteiger partial charge in [-0.05, 0) is 35.6 Å². The van der Waals surface area contributed by atoms with Crippen LogP contribution in [0.5, 0.6) is 5.75 Å². The second-order valence-electron chi connectivity index (χ2n) is 6.32. The van der Waals surface area contributed by atoms with E-state index >= 15 is 0 Å². The summed E-state index contributed by atoms with van der Waals surface area (Å²) in [5.74, 6) is 0.893. The van der Waals surface area contributed by atoms with Crippen LogP contribution < -0.4 is 10.5 Å². The lowest BCUT2D eigenvalue weighted by Crippen LogP contribution is -2.36. The van der Waals surface area contributed by atoms with E-state index in [1.165, 1.54) is 16.5 Å². The number of rotatable bonds is 3. The summed E-state index contributed by atoms with van der Waals surface area (Å²) in [6.07, 6.45) is 3.06. The Labute approximate surface area is 115 Å². The molecule has 0 aliphatic carbocycles. The van der Waals surface area contributed by atoms with Crippen molar-refractivity contribution in [1.29, 1.82) is 0 Å². The average Bonchev–Trinajstić information content (AvgIpc) is 2.64. The van der Waals surface area contributed by atoms with Crippen molar-refractivity contribution < 1.29 is 4.74 Å². The van der Waals surface area contributed by atoms with E-state index in [2.05, 4.69) is 50.7 Å². The van der Waals surface area contributed by atoms with Crippen LogP contribution in [0.1, 0.15) is 26.3 Å². The van der Waals surface area contributed by atoms with Gasteiger partial charge in [0.05, 0.1) is 7.11 Å². The number of nitrogens with zero attached hydrogens (tertiary/aromatic N) is 1. The minimum Gasteiger partial charge on any atom is -0.497 e. The van der Waals surface area contributed by atoms with Crippen LogP contribution in [0.4, 0.5) is 0 Å². The van der Waals surface area contributed by atoms with Gasteiger partial charge in [-0.1, -0.05) is 20.8 Å². The number of fused-ring (bicyclic) bond motifs is 1. The van der Waals surface area contributed by atoms with Gasteiger partial charge < -0.3 is 15.0 Å². The van der Waals surface area contributed by atoms with Crippen molar-refractivity contribution in [3.8, 4) is 5.75 Å². The van der Waals surface area contributed by atoms with Crippen molar-refractivity contribution in [2.24, 2.45) is 18.2 Å². The summed E-state index contributed by atoms with van der Waals surface area (Å²) in [7, 11) is 3.77. The SMILES string of the molecule is COc1ccc2c(c1)c(CC(N)C(C)(C)C)cn2C. The third kappa shape index (κ3) is 2.76. The summed E-state index contributed by atoms with van der Waals surface area (Å²) in [6, 6.07) is 6.33. The zero-order chi connectivity index (χ0) is 14.2. The molecule has 0 radical (unpaired) electrons. The van der Waals surface area contributed by atoms with E-state index < -0.39 is 0 Å². The van der Waals surface area contributed by atoms with Crippen LogP contribution in [0, 0.1) is 5.41 Å². The molecule has 1 heterocycles. The molecular formula is C16H24N2O. The quantitative estimate of drug-likeness (QED) is 0.921. The summed E-state index contributed by atoms with van der Waals surface area (Å²) in [4.78, 5) is 0. The molecule has 2 rings (SSSR count). The zero-order valence-electron chi connectivity index (χ0n) is 12.5. The molecule has 0 spiro atoms. The van der Waals surface area contributed by atoms with E-state index in [4.69, 9.17) is 10.5 Å². The van der Waals surface area contributed by atoms with Gasteiger partial charge >= 0.3 is 0 Å². The van der Waals surface area contributed by atoms with Crippen molar-refractivity contribution in [2.45, 2.75) is 33.2 Å². The first-order valence-corrected chi connectivity index (χ1v) is 6.70. The van der Waals surface area contributed by atoms with E-state index in [1.807, 2.05) is 6.07 Å². The fraction of sp³-hybridized carbons (Fsp3) is 0.500. The molecule has 0 saturated carbocycles. The highest BCUT2D eigenvalue weighted by atomic mass is 16.5. The molecule has 0 aliphatic heterocycles. The Balaban J connectivity index is 2.43. The maximum Gasteiger partial charge on any atom is 0.119 e. The third-order valence-corrected chi connectivity index (χ3v) is 3.83. The number of nitrogens with two attached hydrogens (primary N) is 1. The van der Waals surface area contributed by atoms with Crippen molar-refractivity contribution >= 4 is 10.9 Å². The Bertz CT molecular complexity index is 578. The van der Waals surface area contributed by atoms with Crippen molar-refractivity contribution in [3.05, 3.63) is 30.0 Å². The van der Waals surface area contributed by atoms with Gasteiger partial charge in [0, 0.05) is 30.2 Å². The first-order chi connectivity index (χ1) is 8.82. The smallest absolute Gasteiger partial charge is 0.119 e. The lowest BCUT2D eigenvalue weighted by molar-refractivity contribution is 0.319. The maximum absolute atomic E-state index is 6.31. The van der Waals surface area contributed by atoms with Crippen LogP contribution >= 0.6 is 0 Å². The van der Waals surface area contributed by atoms with E-state index in [0.717, 1.165) is 12.2 Å². The summed E-state index contributed by atoms with van der Waals surface area (Å²) in [5.41, 5.74) is 8.94. The highest BCUT2D eigenvalue weighted by molar-refractivity contribution is 5.85. The molecule has 1 unspecified atom stereocenters. The summed E-state index contributed by atoms with van der Waals surface area (Å²) >= 11 is 0. The number of benzene rings is 1. The van der Waals surface area contributed by atoms with Gasteiger partial charge in [0.2, 0.25) is 0 Å². The molecular weight excluding hydrogens is 236 g/mol. The average molecular weight is 260 g/mol. The van der Waals surface area contributed by atoms with E-state index in [9.17, 15) is 0 Å². The zero-order valence-corrected chi connectivity index (χ0v) is 12.5. The van der Waals surface area contributed by atoms with Gasteiger partial charge in [0.1, 0.15) is 5.75 Å². The molecule has 3 nitrogen and oxygen atoms in total. The van der Waals surface area contributed by atoms with Crippen LogP contribution in [0.2, 0.25) is 0 Å². The molecule has 1 aromatic heterocycles. The van der Waals surface area contributed by atoms with Gasteiger partial charge in [-0.2, -0.15) is 0 Å². The molecule has 19 heavy (non-hydrogen) atoms. The minimum absolute atomic E-state index is 0.112. The Hall–Kier alpha value is -1.48. The predicted molar refractivity (Wildman–Crippen MR) is 80.6 cm³/mol. The molecule has 1 aromatic carbocycles. The van der Waals surface area contributed by atoms with E-state index in [0.29, 0.717) is 0 Å². The number of aryl methyl sites for hydroxylation is 1. The second-order valence-corrected chi connectivity index (χ2v) is 6.32. The first-order valence-electron chi connectivity index (χ1n) is 6.70. The Kier molecular flexibility index (Phi) is 3.59. The highest BCUT2D eigenvalue weighted by Crippen LogP contribution is 2.28. The van der Waals surface area contributed by atoms with Crippen LogP contribution in [0.3, 0.4) is 0 Å². The highest BCUT2D eigenvalue weighted by Gasteiger charge is 2.22. The van der Waals surface area contributed by atoms with Gasteiger partial charge in [-0.15, -0.1) is 0 Å². The summed E-state index contributed by atoms with van der Waals surface area (Å²) in [5, 5.41) is 1.24. The number of methoxy groups -OCH3 is 1.